The van der Waals surface area contributed by atoms with Crippen LogP contribution in [0.2, 0.25) is 0 Å². The summed E-state index contributed by atoms with van der Waals surface area (Å²) in [7, 11) is 0. The quantitative estimate of drug-likeness (QED) is 0.839. The molecule has 0 unspecified atom stereocenters. The van der Waals surface area contributed by atoms with E-state index in [1.807, 2.05) is 30.0 Å². The second-order valence-electron chi connectivity index (χ2n) is 5.49. The van der Waals surface area contributed by atoms with Crippen LogP contribution >= 0.6 is 12.4 Å². The molecule has 1 fully saturated rings. The largest absolute Gasteiger partial charge is 0.493 e. The summed E-state index contributed by atoms with van der Waals surface area (Å²) in [6.45, 7) is 5.19. The zero-order valence-electron chi connectivity index (χ0n) is 14.1. The smallest absolute Gasteiger partial charge is 0.257 e. The summed E-state index contributed by atoms with van der Waals surface area (Å²) in [6.07, 6.45) is 1.19. The Morgan fingerprint density at radius 1 is 1.12 bits per heavy atom. The third kappa shape index (κ3) is 5.11. The average Bonchev–Trinajstić information content (AvgIpc) is 2.60. The van der Waals surface area contributed by atoms with Crippen LogP contribution in [0.15, 0.2) is 24.3 Å². The molecule has 1 saturated heterocycles. The maximum absolute atomic E-state index is 12.7. The highest BCUT2D eigenvalue weighted by atomic mass is 35.5. The molecular weight excluding hydrogens is 330 g/mol. The Morgan fingerprint density at radius 2 is 1.75 bits per heavy atom. The van der Waals surface area contributed by atoms with Gasteiger partial charge in [0.25, 0.3) is 5.91 Å². The lowest BCUT2D eigenvalue weighted by Crippen LogP contribution is -2.50. The Kier molecular flexibility index (Phi) is 8.57. The fourth-order valence-corrected chi connectivity index (χ4v) is 2.67. The van der Waals surface area contributed by atoms with Gasteiger partial charge in [-0.3, -0.25) is 9.59 Å². The van der Waals surface area contributed by atoms with E-state index in [0.717, 1.165) is 0 Å². The van der Waals surface area contributed by atoms with E-state index in [9.17, 15) is 9.59 Å². The molecule has 1 aromatic carbocycles. The minimum atomic E-state index is -0.0388. The van der Waals surface area contributed by atoms with Crippen molar-refractivity contribution in [3.05, 3.63) is 29.8 Å². The van der Waals surface area contributed by atoms with Crippen molar-refractivity contribution in [3.63, 3.8) is 0 Å². The van der Waals surface area contributed by atoms with Crippen LogP contribution in [0.25, 0.3) is 0 Å². The summed E-state index contributed by atoms with van der Waals surface area (Å²) in [5.41, 5.74) is 6.02. The summed E-state index contributed by atoms with van der Waals surface area (Å²) in [5, 5.41) is 0. The number of nitrogens with two attached hydrogens (primary N) is 1. The van der Waals surface area contributed by atoms with Gasteiger partial charge in [0, 0.05) is 32.6 Å². The maximum atomic E-state index is 12.7. The highest BCUT2D eigenvalue weighted by Gasteiger charge is 2.25. The van der Waals surface area contributed by atoms with Gasteiger partial charge in [0.15, 0.2) is 0 Å². The van der Waals surface area contributed by atoms with Gasteiger partial charge in [-0.1, -0.05) is 12.1 Å². The Labute approximate surface area is 149 Å². The van der Waals surface area contributed by atoms with E-state index in [1.54, 1.807) is 11.0 Å². The molecule has 2 rings (SSSR count). The number of ether oxygens (including phenoxy) is 1. The minimum absolute atomic E-state index is 0. The SMILES string of the molecule is CCOc1ccccc1C(=O)N1CCN(C(=O)CCCN)CC1.Cl. The number of benzene rings is 1. The van der Waals surface area contributed by atoms with E-state index in [1.165, 1.54) is 0 Å². The van der Waals surface area contributed by atoms with Gasteiger partial charge in [0.1, 0.15) is 5.75 Å². The van der Waals surface area contributed by atoms with Crippen molar-refractivity contribution in [1.29, 1.82) is 0 Å². The normalized spacial score (nSPS) is 14.1. The van der Waals surface area contributed by atoms with Crippen molar-refractivity contribution in [1.82, 2.24) is 9.80 Å². The highest BCUT2D eigenvalue weighted by Crippen LogP contribution is 2.20. The molecule has 1 heterocycles. The molecule has 0 atom stereocenters. The first-order valence-corrected chi connectivity index (χ1v) is 8.16. The molecule has 0 aliphatic carbocycles. The van der Waals surface area contributed by atoms with Gasteiger partial charge in [-0.2, -0.15) is 0 Å². The lowest BCUT2D eigenvalue weighted by Gasteiger charge is -2.35. The van der Waals surface area contributed by atoms with E-state index < -0.39 is 0 Å². The number of carbonyl (C=O) groups excluding carboxylic acids is 2. The summed E-state index contributed by atoms with van der Waals surface area (Å²) in [6, 6.07) is 7.29. The highest BCUT2D eigenvalue weighted by molar-refractivity contribution is 5.97. The average molecular weight is 356 g/mol. The molecule has 0 bridgehead atoms. The third-order valence-electron chi connectivity index (χ3n) is 3.93. The van der Waals surface area contributed by atoms with Gasteiger partial charge in [0.05, 0.1) is 12.2 Å². The van der Waals surface area contributed by atoms with Gasteiger partial charge >= 0.3 is 0 Å². The first-order valence-electron chi connectivity index (χ1n) is 8.16. The number of halogens is 1. The summed E-state index contributed by atoms with van der Waals surface area (Å²) in [5.74, 6) is 0.696. The fourth-order valence-electron chi connectivity index (χ4n) is 2.67. The zero-order valence-corrected chi connectivity index (χ0v) is 14.9. The first kappa shape index (κ1) is 20.3. The van der Waals surface area contributed by atoms with Crippen LogP contribution in [0.5, 0.6) is 5.75 Å². The van der Waals surface area contributed by atoms with E-state index in [-0.39, 0.29) is 24.2 Å². The van der Waals surface area contributed by atoms with E-state index in [4.69, 9.17) is 10.5 Å². The van der Waals surface area contributed by atoms with Crippen LogP contribution in [0, 0.1) is 0 Å². The van der Waals surface area contributed by atoms with Crippen molar-refractivity contribution in [2.24, 2.45) is 5.73 Å². The number of hydrogen-bond acceptors (Lipinski definition) is 4. The second kappa shape index (κ2) is 10.2. The molecule has 0 spiro atoms. The fraction of sp³-hybridized carbons (Fsp3) is 0.529. The molecule has 1 aliphatic rings. The van der Waals surface area contributed by atoms with Crippen molar-refractivity contribution in [2.45, 2.75) is 19.8 Å². The number of carbonyl (C=O) groups is 2. The van der Waals surface area contributed by atoms with Crippen LogP contribution in [0.4, 0.5) is 0 Å². The Balaban J connectivity index is 0.00000288. The molecule has 1 aromatic rings. The molecule has 24 heavy (non-hydrogen) atoms. The zero-order chi connectivity index (χ0) is 16.7. The van der Waals surface area contributed by atoms with Crippen LogP contribution in [0.3, 0.4) is 0 Å². The Morgan fingerprint density at radius 3 is 2.38 bits per heavy atom. The predicted molar refractivity (Wildman–Crippen MR) is 95.6 cm³/mol. The molecule has 2 N–H and O–H groups in total. The van der Waals surface area contributed by atoms with E-state index >= 15 is 0 Å². The van der Waals surface area contributed by atoms with Crippen LogP contribution in [-0.2, 0) is 4.79 Å². The molecule has 0 saturated carbocycles. The summed E-state index contributed by atoms with van der Waals surface area (Å²) >= 11 is 0. The molecule has 6 nitrogen and oxygen atoms in total. The number of para-hydroxylation sites is 1. The second-order valence-corrected chi connectivity index (χ2v) is 5.49. The molecule has 1 aliphatic heterocycles. The van der Waals surface area contributed by atoms with Gasteiger partial charge in [-0.25, -0.2) is 0 Å². The lowest BCUT2D eigenvalue weighted by molar-refractivity contribution is -0.132. The number of rotatable bonds is 6. The number of amides is 2. The number of hydrogen-bond donors (Lipinski definition) is 1. The minimum Gasteiger partial charge on any atom is -0.493 e. The number of piperazine rings is 1. The third-order valence-corrected chi connectivity index (χ3v) is 3.93. The van der Waals surface area contributed by atoms with Crippen molar-refractivity contribution >= 4 is 24.2 Å². The topological polar surface area (TPSA) is 75.9 Å². The van der Waals surface area contributed by atoms with Crippen molar-refractivity contribution < 1.29 is 14.3 Å². The summed E-state index contributed by atoms with van der Waals surface area (Å²) in [4.78, 5) is 28.3. The van der Waals surface area contributed by atoms with Crippen molar-refractivity contribution in [2.75, 3.05) is 39.3 Å². The molecule has 134 valence electrons. The van der Waals surface area contributed by atoms with Gasteiger partial charge in [0.2, 0.25) is 5.91 Å². The van der Waals surface area contributed by atoms with Crippen LogP contribution in [-0.4, -0.2) is 60.9 Å². The van der Waals surface area contributed by atoms with Crippen LogP contribution in [0.1, 0.15) is 30.1 Å². The van der Waals surface area contributed by atoms with Crippen LogP contribution < -0.4 is 10.5 Å². The van der Waals surface area contributed by atoms with Crippen molar-refractivity contribution in [3.8, 4) is 5.75 Å². The lowest BCUT2D eigenvalue weighted by atomic mass is 10.1. The summed E-state index contributed by atoms with van der Waals surface area (Å²) < 4.78 is 5.53. The molecule has 0 aromatic heterocycles. The van der Waals surface area contributed by atoms with Gasteiger partial charge < -0.3 is 20.3 Å². The van der Waals surface area contributed by atoms with E-state index in [0.29, 0.717) is 63.5 Å². The van der Waals surface area contributed by atoms with Gasteiger partial charge in [-0.15, -0.1) is 12.4 Å². The van der Waals surface area contributed by atoms with Gasteiger partial charge in [-0.05, 0) is 32.0 Å². The first-order chi connectivity index (χ1) is 11.2. The maximum Gasteiger partial charge on any atom is 0.257 e. The molecule has 0 radical (unpaired) electrons. The molecule has 2 amide bonds. The monoisotopic (exact) mass is 355 g/mol. The standard InChI is InChI=1S/C17H25N3O3.ClH/c1-2-23-15-7-4-3-6-14(15)17(22)20-12-10-19(11-13-20)16(21)8-5-9-18;/h3-4,6-7H,2,5,8-13,18H2,1H3;1H. The predicted octanol–water partition coefficient (Wildman–Crippen LogP) is 1.53. The number of nitrogens with zero attached hydrogens (tertiary/aromatic N) is 2. The Hall–Kier alpha value is -1.79. The van der Waals surface area contributed by atoms with E-state index in [2.05, 4.69) is 0 Å². The molecule has 7 heteroatoms. The molecular formula is C17H26ClN3O3. The Bertz CT molecular complexity index is 546.